The second-order valence-corrected chi connectivity index (χ2v) is 2.80. The minimum absolute atomic E-state index is 0.323. The van der Waals surface area contributed by atoms with Gasteiger partial charge in [-0.3, -0.25) is 9.78 Å². The molecule has 1 amide bonds. The van der Waals surface area contributed by atoms with Crippen molar-refractivity contribution < 1.29 is 19.8 Å². The molecule has 0 bridgehead atoms. The Labute approximate surface area is 85.6 Å². The standard InChI is InChI=1S/C9H10N2O4/c12-7(9(14)15)5-11-8(13)6-1-3-10-4-2-6/h1-4,7,12H,5H2,(H,11,13)(H,14,15). The second kappa shape index (κ2) is 5.06. The number of aliphatic hydroxyl groups is 1. The van der Waals surface area contributed by atoms with E-state index in [9.17, 15) is 9.59 Å². The van der Waals surface area contributed by atoms with Crippen LogP contribution in [-0.2, 0) is 4.79 Å². The summed E-state index contributed by atoms with van der Waals surface area (Å²) in [6, 6.07) is 2.98. The molecule has 0 aliphatic heterocycles. The van der Waals surface area contributed by atoms with Gasteiger partial charge in [0.1, 0.15) is 0 Å². The summed E-state index contributed by atoms with van der Waals surface area (Å²) in [5.41, 5.74) is 0.364. The van der Waals surface area contributed by atoms with E-state index in [1.54, 1.807) is 0 Å². The van der Waals surface area contributed by atoms with Crippen molar-refractivity contribution >= 4 is 11.9 Å². The number of hydrogen-bond donors (Lipinski definition) is 3. The molecule has 1 aromatic rings. The third kappa shape index (κ3) is 3.35. The zero-order valence-electron chi connectivity index (χ0n) is 7.75. The van der Waals surface area contributed by atoms with Crippen molar-refractivity contribution in [2.24, 2.45) is 0 Å². The van der Waals surface area contributed by atoms with Gasteiger partial charge in [-0.15, -0.1) is 0 Å². The van der Waals surface area contributed by atoms with Gasteiger partial charge in [0, 0.05) is 18.0 Å². The molecule has 0 saturated heterocycles. The maximum absolute atomic E-state index is 11.3. The van der Waals surface area contributed by atoms with Crippen molar-refractivity contribution in [2.45, 2.75) is 6.10 Å². The number of carbonyl (C=O) groups excluding carboxylic acids is 1. The maximum atomic E-state index is 11.3. The highest BCUT2D eigenvalue weighted by molar-refractivity contribution is 5.94. The van der Waals surface area contributed by atoms with Crippen molar-refractivity contribution in [3.8, 4) is 0 Å². The number of aliphatic carboxylic acids is 1. The van der Waals surface area contributed by atoms with E-state index in [0.29, 0.717) is 5.56 Å². The zero-order chi connectivity index (χ0) is 11.3. The van der Waals surface area contributed by atoms with E-state index >= 15 is 0 Å². The van der Waals surface area contributed by atoms with Crippen LogP contribution in [-0.4, -0.2) is 39.7 Å². The van der Waals surface area contributed by atoms with E-state index in [1.165, 1.54) is 24.5 Å². The molecule has 0 aliphatic carbocycles. The Balaban J connectivity index is 2.47. The predicted molar refractivity (Wildman–Crippen MR) is 50.2 cm³/mol. The summed E-state index contributed by atoms with van der Waals surface area (Å²) in [4.78, 5) is 25.3. The van der Waals surface area contributed by atoms with Gasteiger partial charge >= 0.3 is 5.97 Å². The van der Waals surface area contributed by atoms with Gasteiger partial charge in [-0.1, -0.05) is 0 Å². The van der Waals surface area contributed by atoms with Gasteiger partial charge < -0.3 is 15.5 Å². The van der Waals surface area contributed by atoms with E-state index in [-0.39, 0.29) is 6.54 Å². The highest BCUT2D eigenvalue weighted by atomic mass is 16.4. The van der Waals surface area contributed by atoms with Crippen molar-refractivity contribution in [3.63, 3.8) is 0 Å². The Hall–Kier alpha value is -1.95. The Kier molecular flexibility index (Phi) is 3.75. The molecule has 0 radical (unpaired) electrons. The molecule has 1 atom stereocenters. The minimum atomic E-state index is -1.59. The molecule has 1 aromatic heterocycles. The van der Waals surface area contributed by atoms with Gasteiger partial charge in [-0.2, -0.15) is 0 Å². The van der Waals surface area contributed by atoms with Crippen LogP contribution < -0.4 is 5.32 Å². The smallest absolute Gasteiger partial charge is 0.334 e. The van der Waals surface area contributed by atoms with Crippen molar-refractivity contribution in [2.75, 3.05) is 6.54 Å². The van der Waals surface area contributed by atoms with Crippen molar-refractivity contribution in [1.29, 1.82) is 0 Å². The van der Waals surface area contributed by atoms with Crippen LogP contribution in [0.2, 0.25) is 0 Å². The minimum Gasteiger partial charge on any atom is -0.479 e. The highest BCUT2D eigenvalue weighted by Gasteiger charge is 2.14. The lowest BCUT2D eigenvalue weighted by Crippen LogP contribution is -2.36. The number of aromatic nitrogens is 1. The first-order valence-corrected chi connectivity index (χ1v) is 4.20. The molecule has 3 N–H and O–H groups in total. The molecule has 6 heteroatoms. The van der Waals surface area contributed by atoms with Gasteiger partial charge in [0.25, 0.3) is 5.91 Å². The lowest BCUT2D eigenvalue weighted by Gasteiger charge is -2.07. The van der Waals surface area contributed by atoms with Crippen LogP contribution in [0.25, 0.3) is 0 Å². The molecule has 0 spiro atoms. The summed E-state index contributed by atoms with van der Waals surface area (Å²) in [6.45, 7) is -0.323. The summed E-state index contributed by atoms with van der Waals surface area (Å²) in [5, 5.41) is 19.5. The summed E-state index contributed by atoms with van der Waals surface area (Å²) in [6.07, 6.45) is 1.31. The summed E-state index contributed by atoms with van der Waals surface area (Å²) < 4.78 is 0. The van der Waals surface area contributed by atoms with Crippen LogP contribution >= 0.6 is 0 Å². The van der Waals surface area contributed by atoms with Crippen LogP contribution in [0.15, 0.2) is 24.5 Å². The van der Waals surface area contributed by atoms with Crippen LogP contribution in [0.3, 0.4) is 0 Å². The molecular weight excluding hydrogens is 200 g/mol. The number of carbonyl (C=O) groups is 2. The third-order valence-electron chi connectivity index (χ3n) is 1.68. The van der Waals surface area contributed by atoms with E-state index in [4.69, 9.17) is 10.2 Å². The molecule has 0 saturated carbocycles. The first-order valence-electron chi connectivity index (χ1n) is 4.20. The molecule has 1 heterocycles. The molecule has 0 fully saturated rings. The Bertz CT molecular complexity index is 352. The molecule has 80 valence electrons. The highest BCUT2D eigenvalue weighted by Crippen LogP contribution is 1.95. The fourth-order valence-electron chi connectivity index (χ4n) is 0.882. The fraction of sp³-hybridized carbons (Fsp3) is 0.222. The van der Waals surface area contributed by atoms with Gasteiger partial charge in [-0.05, 0) is 12.1 Å². The molecule has 15 heavy (non-hydrogen) atoms. The second-order valence-electron chi connectivity index (χ2n) is 2.80. The molecular formula is C9H10N2O4. The topological polar surface area (TPSA) is 99.5 Å². The van der Waals surface area contributed by atoms with Gasteiger partial charge in [0.2, 0.25) is 0 Å². The predicted octanol–water partition coefficient (Wildman–Crippen LogP) is -0.743. The van der Waals surface area contributed by atoms with E-state index < -0.39 is 18.0 Å². The number of aliphatic hydroxyl groups excluding tert-OH is 1. The van der Waals surface area contributed by atoms with Gasteiger partial charge in [0.05, 0.1) is 6.54 Å². The lowest BCUT2D eigenvalue weighted by molar-refractivity contribution is -0.146. The number of carboxylic acids is 1. The number of amides is 1. The SMILES string of the molecule is O=C(NCC(O)C(=O)O)c1ccncc1. The Morgan fingerprint density at radius 3 is 2.53 bits per heavy atom. The Morgan fingerprint density at radius 2 is 2.00 bits per heavy atom. The first-order chi connectivity index (χ1) is 7.11. The summed E-state index contributed by atoms with van der Waals surface area (Å²) in [5.74, 6) is -1.82. The average molecular weight is 210 g/mol. The van der Waals surface area contributed by atoms with Crippen molar-refractivity contribution in [1.82, 2.24) is 10.3 Å². The molecule has 6 nitrogen and oxygen atoms in total. The van der Waals surface area contributed by atoms with Gasteiger partial charge in [0.15, 0.2) is 6.10 Å². The quantitative estimate of drug-likeness (QED) is 0.607. The third-order valence-corrected chi connectivity index (χ3v) is 1.68. The number of nitrogens with zero attached hydrogens (tertiary/aromatic N) is 1. The van der Waals surface area contributed by atoms with Crippen LogP contribution in [0.4, 0.5) is 0 Å². The zero-order valence-corrected chi connectivity index (χ0v) is 7.75. The monoisotopic (exact) mass is 210 g/mol. The number of pyridine rings is 1. The number of hydrogen-bond acceptors (Lipinski definition) is 4. The first kappa shape index (κ1) is 11.1. The number of rotatable bonds is 4. The molecule has 0 aliphatic rings. The summed E-state index contributed by atoms with van der Waals surface area (Å²) in [7, 11) is 0. The molecule has 0 aromatic carbocycles. The maximum Gasteiger partial charge on any atom is 0.334 e. The van der Waals surface area contributed by atoms with Crippen LogP contribution in [0, 0.1) is 0 Å². The lowest BCUT2D eigenvalue weighted by atomic mass is 10.2. The fourth-order valence-corrected chi connectivity index (χ4v) is 0.882. The van der Waals surface area contributed by atoms with Gasteiger partial charge in [-0.25, -0.2) is 4.79 Å². The number of carboxylic acid groups (broad SMARTS) is 1. The molecule has 1 unspecified atom stereocenters. The number of nitrogens with one attached hydrogen (secondary N) is 1. The van der Waals surface area contributed by atoms with Crippen LogP contribution in [0.1, 0.15) is 10.4 Å². The normalized spacial score (nSPS) is 11.8. The Morgan fingerprint density at radius 1 is 1.40 bits per heavy atom. The van der Waals surface area contributed by atoms with E-state index in [1.807, 2.05) is 0 Å². The van der Waals surface area contributed by atoms with Crippen molar-refractivity contribution in [3.05, 3.63) is 30.1 Å². The molecule has 1 rings (SSSR count). The average Bonchev–Trinajstić information content (AvgIpc) is 2.26. The van der Waals surface area contributed by atoms with Crippen LogP contribution in [0.5, 0.6) is 0 Å². The van der Waals surface area contributed by atoms with E-state index in [0.717, 1.165) is 0 Å². The van der Waals surface area contributed by atoms with E-state index in [2.05, 4.69) is 10.3 Å². The summed E-state index contributed by atoms with van der Waals surface area (Å²) >= 11 is 0. The largest absolute Gasteiger partial charge is 0.479 e.